The molecule has 0 aromatic heterocycles. The summed E-state index contributed by atoms with van der Waals surface area (Å²) in [7, 11) is 1.54. The molecule has 2 rings (SSSR count). The van der Waals surface area contributed by atoms with Crippen molar-refractivity contribution >= 4 is 11.6 Å². The maximum absolute atomic E-state index is 12.0. The molecular formula is C14H20N2O3. The molecule has 5 nitrogen and oxygen atoms in total. The SMILES string of the molecule is COc1ccc(O)c(NC(=O)CC2(CN)CCC2)c1. The average Bonchev–Trinajstić information content (AvgIpc) is 2.36. The molecule has 0 atom stereocenters. The van der Waals surface area contributed by atoms with E-state index >= 15 is 0 Å². The number of methoxy groups -OCH3 is 1. The largest absolute Gasteiger partial charge is 0.506 e. The van der Waals surface area contributed by atoms with Gasteiger partial charge in [-0.1, -0.05) is 6.42 Å². The maximum Gasteiger partial charge on any atom is 0.225 e. The molecule has 1 aromatic rings. The lowest BCUT2D eigenvalue weighted by Gasteiger charge is -2.40. The van der Waals surface area contributed by atoms with Gasteiger partial charge in [-0.3, -0.25) is 4.79 Å². The number of benzene rings is 1. The standard InChI is InChI=1S/C14H20N2O3/c1-19-10-3-4-12(17)11(7-10)16-13(18)8-14(9-15)5-2-6-14/h3-4,7,17H,2,5-6,8-9,15H2,1H3,(H,16,18). The van der Waals surface area contributed by atoms with E-state index in [2.05, 4.69) is 5.32 Å². The number of anilines is 1. The number of hydrogen-bond acceptors (Lipinski definition) is 4. The third-order valence-corrected chi connectivity index (χ3v) is 3.86. The Kier molecular flexibility index (Phi) is 3.95. The molecule has 0 heterocycles. The molecule has 19 heavy (non-hydrogen) atoms. The molecular weight excluding hydrogens is 244 g/mol. The number of carbonyl (C=O) groups is 1. The van der Waals surface area contributed by atoms with Gasteiger partial charge in [-0.2, -0.15) is 0 Å². The molecule has 0 spiro atoms. The minimum Gasteiger partial charge on any atom is -0.506 e. The van der Waals surface area contributed by atoms with Gasteiger partial charge in [0.15, 0.2) is 0 Å². The van der Waals surface area contributed by atoms with E-state index in [4.69, 9.17) is 10.5 Å². The van der Waals surface area contributed by atoms with Gasteiger partial charge in [-0.25, -0.2) is 0 Å². The molecule has 1 fully saturated rings. The lowest BCUT2D eigenvalue weighted by atomic mass is 9.66. The van der Waals surface area contributed by atoms with E-state index in [1.807, 2.05) is 0 Å². The topological polar surface area (TPSA) is 84.6 Å². The Labute approximate surface area is 112 Å². The summed E-state index contributed by atoms with van der Waals surface area (Å²) in [5, 5.41) is 12.4. The zero-order chi connectivity index (χ0) is 13.9. The van der Waals surface area contributed by atoms with E-state index in [9.17, 15) is 9.90 Å². The van der Waals surface area contributed by atoms with Gasteiger partial charge >= 0.3 is 0 Å². The number of hydrogen-bond donors (Lipinski definition) is 3. The predicted molar refractivity (Wildman–Crippen MR) is 73.2 cm³/mol. The van der Waals surface area contributed by atoms with Crippen molar-refractivity contribution in [2.75, 3.05) is 19.0 Å². The third kappa shape index (κ3) is 2.98. The van der Waals surface area contributed by atoms with Gasteiger partial charge in [0.2, 0.25) is 5.91 Å². The monoisotopic (exact) mass is 264 g/mol. The normalized spacial score (nSPS) is 16.5. The summed E-state index contributed by atoms with van der Waals surface area (Å²) in [6, 6.07) is 4.73. The fourth-order valence-electron chi connectivity index (χ4n) is 2.41. The summed E-state index contributed by atoms with van der Waals surface area (Å²) in [6.45, 7) is 0.532. The Morgan fingerprint density at radius 3 is 2.79 bits per heavy atom. The molecule has 4 N–H and O–H groups in total. The Morgan fingerprint density at radius 1 is 1.53 bits per heavy atom. The van der Waals surface area contributed by atoms with Crippen LogP contribution in [0.1, 0.15) is 25.7 Å². The number of aromatic hydroxyl groups is 1. The summed E-state index contributed by atoms with van der Waals surface area (Å²) in [4.78, 5) is 12.0. The molecule has 5 heteroatoms. The van der Waals surface area contributed by atoms with Crippen LogP contribution in [0.3, 0.4) is 0 Å². The van der Waals surface area contributed by atoms with Gasteiger partial charge < -0.3 is 20.9 Å². The van der Waals surface area contributed by atoms with Gasteiger partial charge in [0.1, 0.15) is 11.5 Å². The van der Waals surface area contributed by atoms with E-state index in [0.717, 1.165) is 19.3 Å². The van der Waals surface area contributed by atoms with E-state index in [1.165, 1.54) is 13.2 Å². The molecule has 0 bridgehead atoms. The van der Waals surface area contributed by atoms with Crippen LogP contribution in [-0.2, 0) is 4.79 Å². The second-order valence-corrected chi connectivity index (χ2v) is 5.17. The number of amides is 1. The molecule has 104 valence electrons. The van der Waals surface area contributed by atoms with Crippen LogP contribution in [-0.4, -0.2) is 24.7 Å². The molecule has 1 aromatic carbocycles. The van der Waals surface area contributed by atoms with E-state index in [1.54, 1.807) is 12.1 Å². The van der Waals surface area contributed by atoms with Crippen LogP contribution >= 0.6 is 0 Å². The summed E-state index contributed by atoms with van der Waals surface area (Å²) in [5.74, 6) is 0.503. The predicted octanol–water partition coefficient (Wildman–Crippen LogP) is 1.86. The molecule has 0 aliphatic heterocycles. The van der Waals surface area contributed by atoms with Crippen LogP contribution in [0, 0.1) is 5.41 Å². The first-order valence-corrected chi connectivity index (χ1v) is 6.45. The highest BCUT2D eigenvalue weighted by atomic mass is 16.5. The fourth-order valence-corrected chi connectivity index (χ4v) is 2.41. The van der Waals surface area contributed by atoms with Crippen molar-refractivity contribution in [1.82, 2.24) is 0 Å². The van der Waals surface area contributed by atoms with E-state index in [0.29, 0.717) is 24.4 Å². The minimum absolute atomic E-state index is 0.0320. The van der Waals surface area contributed by atoms with Gasteiger partial charge in [0.25, 0.3) is 0 Å². The second-order valence-electron chi connectivity index (χ2n) is 5.17. The molecule has 1 amide bonds. The highest BCUT2D eigenvalue weighted by molar-refractivity contribution is 5.93. The second kappa shape index (κ2) is 5.48. The average molecular weight is 264 g/mol. The number of ether oxygens (including phenoxy) is 1. The van der Waals surface area contributed by atoms with Crippen LogP contribution in [0.2, 0.25) is 0 Å². The number of phenols is 1. The van der Waals surface area contributed by atoms with Crippen LogP contribution < -0.4 is 15.8 Å². The van der Waals surface area contributed by atoms with Crippen LogP contribution in [0.4, 0.5) is 5.69 Å². The van der Waals surface area contributed by atoms with Gasteiger partial charge in [0, 0.05) is 12.5 Å². The summed E-state index contributed by atoms with van der Waals surface area (Å²) < 4.78 is 5.06. The number of nitrogens with two attached hydrogens (primary N) is 1. The van der Waals surface area contributed by atoms with Gasteiger partial charge in [-0.15, -0.1) is 0 Å². The van der Waals surface area contributed by atoms with Crippen molar-refractivity contribution in [2.45, 2.75) is 25.7 Å². The van der Waals surface area contributed by atoms with Crippen LogP contribution in [0.15, 0.2) is 18.2 Å². The van der Waals surface area contributed by atoms with Crippen molar-refractivity contribution in [3.8, 4) is 11.5 Å². The molecule has 0 unspecified atom stereocenters. The Balaban J connectivity index is 2.02. The Morgan fingerprint density at radius 2 is 2.26 bits per heavy atom. The van der Waals surface area contributed by atoms with Crippen molar-refractivity contribution < 1.29 is 14.6 Å². The molecule has 0 saturated heterocycles. The number of nitrogens with one attached hydrogen (secondary N) is 1. The maximum atomic E-state index is 12.0. The van der Waals surface area contributed by atoms with Crippen molar-refractivity contribution in [2.24, 2.45) is 11.1 Å². The molecule has 1 aliphatic rings. The number of carbonyl (C=O) groups excluding carboxylic acids is 1. The lowest BCUT2D eigenvalue weighted by molar-refractivity contribution is -0.119. The highest BCUT2D eigenvalue weighted by Gasteiger charge is 2.37. The first-order chi connectivity index (χ1) is 9.08. The van der Waals surface area contributed by atoms with Gasteiger partial charge in [0.05, 0.1) is 12.8 Å². The first-order valence-electron chi connectivity index (χ1n) is 6.45. The third-order valence-electron chi connectivity index (χ3n) is 3.86. The first kappa shape index (κ1) is 13.7. The molecule has 1 saturated carbocycles. The van der Waals surface area contributed by atoms with Crippen LogP contribution in [0.5, 0.6) is 11.5 Å². The molecule has 0 radical (unpaired) electrons. The quantitative estimate of drug-likeness (QED) is 0.709. The summed E-state index contributed by atoms with van der Waals surface area (Å²) in [5.41, 5.74) is 6.06. The molecule has 1 aliphatic carbocycles. The Bertz CT molecular complexity index is 464. The zero-order valence-electron chi connectivity index (χ0n) is 11.1. The minimum atomic E-state index is -0.117. The zero-order valence-corrected chi connectivity index (χ0v) is 11.1. The number of rotatable bonds is 5. The lowest BCUT2D eigenvalue weighted by Crippen LogP contribution is -2.40. The van der Waals surface area contributed by atoms with Crippen molar-refractivity contribution in [3.63, 3.8) is 0 Å². The van der Waals surface area contributed by atoms with Crippen LogP contribution in [0.25, 0.3) is 0 Å². The van der Waals surface area contributed by atoms with Crippen molar-refractivity contribution in [3.05, 3.63) is 18.2 Å². The highest BCUT2D eigenvalue weighted by Crippen LogP contribution is 2.43. The van der Waals surface area contributed by atoms with E-state index < -0.39 is 0 Å². The Hall–Kier alpha value is -1.75. The van der Waals surface area contributed by atoms with Crippen molar-refractivity contribution in [1.29, 1.82) is 0 Å². The smallest absolute Gasteiger partial charge is 0.225 e. The fraction of sp³-hybridized carbons (Fsp3) is 0.500. The van der Waals surface area contributed by atoms with Gasteiger partial charge in [-0.05, 0) is 36.9 Å². The summed E-state index contributed by atoms with van der Waals surface area (Å²) in [6.07, 6.45) is 3.54. The van der Waals surface area contributed by atoms with E-state index in [-0.39, 0.29) is 17.1 Å². The number of phenolic OH excluding ortho intramolecular Hbond substituents is 1. The summed E-state index contributed by atoms with van der Waals surface area (Å²) >= 11 is 0.